The van der Waals surface area contributed by atoms with Gasteiger partial charge in [0.2, 0.25) is 5.91 Å². The maximum atomic E-state index is 12.7. The van der Waals surface area contributed by atoms with E-state index in [0.717, 1.165) is 24.3 Å². The highest BCUT2D eigenvalue weighted by Crippen LogP contribution is 2.13. The van der Waals surface area contributed by atoms with Crippen molar-refractivity contribution in [2.75, 3.05) is 0 Å². The first-order chi connectivity index (χ1) is 12.3. The van der Waals surface area contributed by atoms with Crippen molar-refractivity contribution in [1.82, 2.24) is 9.88 Å². The van der Waals surface area contributed by atoms with Crippen LogP contribution in [-0.4, -0.2) is 15.8 Å². The van der Waals surface area contributed by atoms with Crippen LogP contribution >= 0.6 is 0 Å². The zero-order valence-electron chi connectivity index (χ0n) is 14.2. The lowest BCUT2D eigenvalue weighted by Gasteiger charge is -2.21. The lowest BCUT2D eigenvalue weighted by molar-refractivity contribution is -0.132. The summed E-state index contributed by atoms with van der Waals surface area (Å²) in [6.07, 6.45) is 5.64. The number of furan rings is 1. The number of rotatable bonds is 8. The summed E-state index contributed by atoms with van der Waals surface area (Å²) in [4.78, 5) is 18.9. The van der Waals surface area contributed by atoms with E-state index in [0.29, 0.717) is 19.5 Å². The van der Waals surface area contributed by atoms with Crippen LogP contribution in [0, 0.1) is 0 Å². The van der Waals surface area contributed by atoms with E-state index in [1.807, 2.05) is 53.4 Å². The highest BCUT2D eigenvalue weighted by molar-refractivity contribution is 5.76. The van der Waals surface area contributed by atoms with Crippen LogP contribution in [0.4, 0.5) is 0 Å². The van der Waals surface area contributed by atoms with Crippen molar-refractivity contribution in [1.29, 1.82) is 0 Å². The second kappa shape index (κ2) is 8.83. The van der Waals surface area contributed by atoms with Gasteiger partial charge in [0, 0.05) is 12.6 Å². The maximum Gasteiger partial charge on any atom is 0.223 e. The van der Waals surface area contributed by atoms with Gasteiger partial charge in [0.05, 0.1) is 25.0 Å². The van der Waals surface area contributed by atoms with E-state index in [4.69, 9.17) is 4.42 Å². The Morgan fingerprint density at radius 3 is 2.52 bits per heavy atom. The molecule has 3 aromatic rings. The van der Waals surface area contributed by atoms with Crippen molar-refractivity contribution in [3.05, 3.63) is 90.1 Å². The van der Waals surface area contributed by atoms with E-state index in [2.05, 4.69) is 17.1 Å². The first-order valence-corrected chi connectivity index (χ1v) is 8.55. The van der Waals surface area contributed by atoms with Crippen molar-refractivity contribution < 1.29 is 9.21 Å². The Hall–Kier alpha value is -2.88. The molecule has 2 aromatic heterocycles. The van der Waals surface area contributed by atoms with Crippen molar-refractivity contribution in [3.63, 3.8) is 0 Å². The third kappa shape index (κ3) is 5.31. The van der Waals surface area contributed by atoms with Crippen LogP contribution in [0.5, 0.6) is 0 Å². The van der Waals surface area contributed by atoms with Crippen molar-refractivity contribution >= 4 is 5.91 Å². The number of aromatic nitrogens is 1. The van der Waals surface area contributed by atoms with Crippen LogP contribution in [0.3, 0.4) is 0 Å². The molecule has 1 aromatic carbocycles. The van der Waals surface area contributed by atoms with E-state index in [-0.39, 0.29) is 5.91 Å². The van der Waals surface area contributed by atoms with Gasteiger partial charge in [-0.1, -0.05) is 36.4 Å². The molecule has 128 valence electrons. The second-order valence-corrected chi connectivity index (χ2v) is 5.99. The van der Waals surface area contributed by atoms with E-state index in [9.17, 15) is 4.79 Å². The SMILES string of the molecule is O=C(CCCc1ccccc1)N(Cc1ccccn1)Cc1ccco1. The van der Waals surface area contributed by atoms with Gasteiger partial charge in [-0.15, -0.1) is 0 Å². The number of carbonyl (C=O) groups is 1. The summed E-state index contributed by atoms with van der Waals surface area (Å²) >= 11 is 0. The number of amides is 1. The topological polar surface area (TPSA) is 46.3 Å². The smallest absolute Gasteiger partial charge is 0.223 e. The zero-order valence-corrected chi connectivity index (χ0v) is 14.2. The molecule has 0 saturated carbocycles. The molecule has 0 unspecified atom stereocenters. The summed E-state index contributed by atoms with van der Waals surface area (Å²) in [5.74, 6) is 0.908. The molecule has 4 heteroatoms. The van der Waals surface area contributed by atoms with Crippen LogP contribution in [0.1, 0.15) is 29.9 Å². The Labute approximate surface area is 148 Å². The Kier molecular flexibility index (Phi) is 5.99. The van der Waals surface area contributed by atoms with Gasteiger partial charge in [0.25, 0.3) is 0 Å². The lowest BCUT2D eigenvalue weighted by atomic mass is 10.1. The summed E-state index contributed by atoms with van der Waals surface area (Å²) in [5.41, 5.74) is 2.14. The minimum absolute atomic E-state index is 0.123. The molecule has 1 amide bonds. The number of aryl methyl sites for hydroxylation is 1. The molecule has 0 radical (unpaired) electrons. The fourth-order valence-corrected chi connectivity index (χ4v) is 2.76. The summed E-state index contributed by atoms with van der Waals surface area (Å²) in [7, 11) is 0. The van der Waals surface area contributed by atoms with E-state index in [1.54, 1.807) is 12.5 Å². The Bertz CT molecular complexity index is 755. The first kappa shape index (κ1) is 17.0. The van der Waals surface area contributed by atoms with Gasteiger partial charge in [-0.05, 0) is 42.7 Å². The van der Waals surface area contributed by atoms with Gasteiger partial charge in [-0.2, -0.15) is 0 Å². The van der Waals surface area contributed by atoms with Crippen LogP contribution in [-0.2, 0) is 24.3 Å². The number of nitrogens with zero attached hydrogens (tertiary/aromatic N) is 2. The summed E-state index contributed by atoms with van der Waals surface area (Å²) in [6.45, 7) is 0.958. The number of pyridine rings is 1. The van der Waals surface area contributed by atoms with Crippen molar-refractivity contribution in [2.45, 2.75) is 32.4 Å². The van der Waals surface area contributed by atoms with Crippen molar-refractivity contribution in [3.8, 4) is 0 Å². The summed E-state index contributed by atoms with van der Waals surface area (Å²) < 4.78 is 5.41. The van der Waals surface area contributed by atoms with Crippen LogP contribution in [0.15, 0.2) is 77.5 Å². The first-order valence-electron chi connectivity index (χ1n) is 8.55. The van der Waals surface area contributed by atoms with Gasteiger partial charge >= 0.3 is 0 Å². The van der Waals surface area contributed by atoms with Gasteiger partial charge in [0.15, 0.2) is 0 Å². The minimum atomic E-state index is 0.123. The third-order valence-electron chi connectivity index (χ3n) is 4.06. The predicted octanol–water partition coefficient (Wildman–Crippen LogP) is 4.23. The van der Waals surface area contributed by atoms with Crippen LogP contribution in [0.25, 0.3) is 0 Å². The lowest BCUT2D eigenvalue weighted by Crippen LogP contribution is -2.30. The number of hydrogen-bond donors (Lipinski definition) is 0. The summed E-state index contributed by atoms with van der Waals surface area (Å²) in [6, 6.07) is 19.7. The highest BCUT2D eigenvalue weighted by atomic mass is 16.3. The normalized spacial score (nSPS) is 10.6. The summed E-state index contributed by atoms with van der Waals surface area (Å²) in [5, 5.41) is 0. The van der Waals surface area contributed by atoms with Gasteiger partial charge in [-0.25, -0.2) is 0 Å². The van der Waals surface area contributed by atoms with Crippen LogP contribution < -0.4 is 0 Å². The molecular weight excluding hydrogens is 312 g/mol. The molecule has 0 N–H and O–H groups in total. The van der Waals surface area contributed by atoms with E-state index in [1.165, 1.54) is 5.56 Å². The molecule has 25 heavy (non-hydrogen) atoms. The largest absolute Gasteiger partial charge is 0.467 e. The monoisotopic (exact) mass is 334 g/mol. The molecule has 0 fully saturated rings. The average Bonchev–Trinajstić information content (AvgIpc) is 3.16. The zero-order chi connectivity index (χ0) is 17.3. The quantitative estimate of drug-likeness (QED) is 0.619. The standard InChI is InChI=1S/C21H22N2O2/c24-21(13-6-10-18-8-2-1-3-9-18)23(17-20-12-7-15-25-20)16-19-11-4-5-14-22-19/h1-5,7-9,11-12,14-15H,6,10,13,16-17H2. The van der Waals surface area contributed by atoms with E-state index >= 15 is 0 Å². The number of carbonyl (C=O) groups excluding carboxylic acids is 1. The molecule has 3 rings (SSSR count). The molecule has 0 atom stereocenters. The Morgan fingerprint density at radius 1 is 0.960 bits per heavy atom. The molecule has 0 bridgehead atoms. The maximum absolute atomic E-state index is 12.7. The van der Waals surface area contributed by atoms with Gasteiger partial charge in [-0.3, -0.25) is 9.78 Å². The predicted molar refractivity (Wildman–Crippen MR) is 96.6 cm³/mol. The molecule has 0 spiro atoms. The van der Waals surface area contributed by atoms with Gasteiger partial charge in [0.1, 0.15) is 5.76 Å². The molecular formula is C21H22N2O2. The van der Waals surface area contributed by atoms with Gasteiger partial charge < -0.3 is 9.32 Å². The molecule has 0 saturated heterocycles. The minimum Gasteiger partial charge on any atom is -0.467 e. The van der Waals surface area contributed by atoms with Crippen molar-refractivity contribution in [2.24, 2.45) is 0 Å². The van der Waals surface area contributed by atoms with Crippen LogP contribution in [0.2, 0.25) is 0 Å². The molecule has 0 aliphatic rings. The molecule has 2 heterocycles. The highest BCUT2D eigenvalue weighted by Gasteiger charge is 2.16. The molecule has 0 aliphatic heterocycles. The fourth-order valence-electron chi connectivity index (χ4n) is 2.76. The second-order valence-electron chi connectivity index (χ2n) is 5.99. The molecule has 4 nitrogen and oxygen atoms in total. The number of benzene rings is 1. The number of hydrogen-bond acceptors (Lipinski definition) is 3. The average molecular weight is 334 g/mol. The fraction of sp³-hybridized carbons (Fsp3) is 0.238. The Morgan fingerprint density at radius 2 is 1.80 bits per heavy atom. The Balaban J connectivity index is 1.60. The van der Waals surface area contributed by atoms with E-state index < -0.39 is 0 Å². The molecule has 0 aliphatic carbocycles. The third-order valence-corrected chi connectivity index (χ3v) is 4.06.